The molecule has 1 N–H and O–H groups in total. The maximum Gasteiger partial charge on any atom is 0.223 e. The first-order valence-corrected chi connectivity index (χ1v) is 9.64. The van der Waals surface area contributed by atoms with Gasteiger partial charge < -0.3 is 5.32 Å². The smallest absolute Gasteiger partial charge is 0.223 e. The summed E-state index contributed by atoms with van der Waals surface area (Å²) in [6.07, 6.45) is 12.5. The van der Waals surface area contributed by atoms with Crippen LogP contribution >= 0.6 is 22.6 Å². The van der Waals surface area contributed by atoms with Gasteiger partial charge in [-0.2, -0.15) is 0 Å². The van der Waals surface area contributed by atoms with Gasteiger partial charge in [0.05, 0.1) is 0 Å². The van der Waals surface area contributed by atoms with Crippen molar-refractivity contribution in [3.8, 4) is 0 Å². The van der Waals surface area contributed by atoms with Crippen LogP contribution in [-0.2, 0) is 4.79 Å². The van der Waals surface area contributed by atoms with Crippen LogP contribution in [0, 0.1) is 11.8 Å². The fourth-order valence-electron chi connectivity index (χ4n) is 2.96. The third-order valence-electron chi connectivity index (χ3n) is 4.29. The molecule has 0 aromatic carbocycles. The molecule has 3 heteroatoms. The van der Waals surface area contributed by atoms with Crippen LogP contribution in [-0.4, -0.2) is 16.9 Å². The van der Waals surface area contributed by atoms with Crippen LogP contribution in [0.15, 0.2) is 0 Å². The molecule has 0 unspecified atom stereocenters. The van der Waals surface area contributed by atoms with Gasteiger partial charge in [-0.15, -0.1) is 0 Å². The van der Waals surface area contributed by atoms with Gasteiger partial charge in [-0.05, 0) is 48.9 Å². The second kappa shape index (κ2) is 10.9. The topological polar surface area (TPSA) is 29.1 Å². The normalized spacial score (nSPS) is 23.3. The van der Waals surface area contributed by atoms with Gasteiger partial charge in [0.25, 0.3) is 0 Å². The van der Waals surface area contributed by atoms with E-state index in [9.17, 15) is 4.79 Å². The van der Waals surface area contributed by atoms with Crippen LogP contribution < -0.4 is 5.32 Å². The first-order chi connectivity index (χ1) is 9.27. The number of nitrogens with one attached hydrogen (secondary N) is 1. The standard InChI is InChI=1S/C16H30INO/c1-2-3-7-14-8-10-15(11-9-14)16(19)18-13-6-4-5-12-17/h14-15H,2-13H2,1H3,(H,18,19). The van der Waals surface area contributed by atoms with Crippen LogP contribution in [0.4, 0.5) is 0 Å². The Labute approximate surface area is 132 Å². The number of rotatable bonds is 9. The van der Waals surface area contributed by atoms with Crippen molar-refractivity contribution < 1.29 is 4.79 Å². The summed E-state index contributed by atoms with van der Waals surface area (Å²) < 4.78 is 1.23. The van der Waals surface area contributed by atoms with Crippen molar-refractivity contribution in [1.82, 2.24) is 5.32 Å². The van der Waals surface area contributed by atoms with E-state index in [1.807, 2.05) is 0 Å². The molecule has 0 bridgehead atoms. The first-order valence-electron chi connectivity index (χ1n) is 8.11. The van der Waals surface area contributed by atoms with E-state index < -0.39 is 0 Å². The van der Waals surface area contributed by atoms with Crippen LogP contribution in [0.2, 0.25) is 0 Å². The van der Waals surface area contributed by atoms with E-state index in [1.165, 1.54) is 49.4 Å². The fraction of sp³-hybridized carbons (Fsp3) is 0.938. The van der Waals surface area contributed by atoms with Crippen molar-refractivity contribution >= 4 is 28.5 Å². The Hall–Kier alpha value is 0.200. The Balaban J connectivity index is 2.07. The molecular formula is C16H30INO. The molecule has 1 rings (SSSR count). The second-order valence-corrected chi connectivity index (χ2v) is 6.98. The minimum Gasteiger partial charge on any atom is -0.356 e. The van der Waals surface area contributed by atoms with Gasteiger partial charge in [0.2, 0.25) is 5.91 Å². The van der Waals surface area contributed by atoms with E-state index in [1.54, 1.807) is 0 Å². The molecule has 0 atom stereocenters. The lowest BCUT2D eigenvalue weighted by Gasteiger charge is -2.27. The molecule has 0 aliphatic heterocycles. The zero-order valence-corrected chi connectivity index (χ0v) is 14.6. The van der Waals surface area contributed by atoms with E-state index >= 15 is 0 Å². The van der Waals surface area contributed by atoms with Gasteiger partial charge in [-0.1, -0.05) is 55.2 Å². The largest absolute Gasteiger partial charge is 0.356 e. The van der Waals surface area contributed by atoms with Gasteiger partial charge in [0, 0.05) is 12.5 Å². The highest BCUT2D eigenvalue weighted by Crippen LogP contribution is 2.31. The Morgan fingerprint density at radius 1 is 1.11 bits per heavy atom. The van der Waals surface area contributed by atoms with Crippen molar-refractivity contribution in [3.05, 3.63) is 0 Å². The monoisotopic (exact) mass is 379 g/mol. The zero-order valence-electron chi connectivity index (χ0n) is 12.4. The molecule has 0 heterocycles. The summed E-state index contributed by atoms with van der Waals surface area (Å²) in [4.78, 5) is 12.0. The van der Waals surface area contributed by atoms with Crippen LogP contribution in [0.1, 0.15) is 71.1 Å². The summed E-state index contributed by atoms with van der Waals surface area (Å²) in [5.74, 6) is 1.53. The molecular weight excluding hydrogens is 349 g/mol. The molecule has 112 valence electrons. The van der Waals surface area contributed by atoms with E-state index in [0.29, 0.717) is 11.8 Å². The Morgan fingerprint density at radius 3 is 2.47 bits per heavy atom. The molecule has 0 aromatic rings. The number of carbonyl (C=O) groups excluding carboxylic acids is 1. The number of amides is 1. The molecule has 0 saturated heterocycles. The molecule has 1 aliphatic carbocycles. The third-order valence-corrected chi connectivity index (χ3v) is 5.06. The quantitative estimate of drug-likeness (QED) is 0.351. The summed E-state index contributed by atoms with van der Waals surface area (Å²) >= 11 is 2.41. The maximum absolute atomic E-state index is 12.0. The molecule has 1 saturated carbocycles. The highest BCUT2D eigenvalue weighted by Gasteiger charge is 2.25. The van der Waals surface area contributed by atoms with E-state index in [4.69, 9.17) is 0 Å². The SMILES string of the molecule is CCCCC1CCC(C(=O)NCCCCCI)CC1. The van der Waals surface area contributed by atoms with Gasteiger partial charge in [0.1, 0.15) is 0 Å². The fourth-order valence-corrected chi connectivity index (χ4v) is 3.50. The summed E-state index contributed by atoms with van der Waals surface area (Å²) in [7, 11) is 0. The lowest BCUT2D eigenvalue weighted by atomic mass is 9.79. The molecule has 1 amide bonds. The molecule has 1 fully saturated rings. The number of alkyl halides is 1. The van der Waals surface area contributed by atoms with Crippen molar-refractivity contribution in [2.45, 2.75) is 71.1 Å². The summed E-state index contributed by atoms with van der Waals surface area (Å²) in [5.41, 5.74) is 0. The Kier molecular flexibility index (Phi) is 9.92. The molecule has 1 aliphatic rings. The van der Waals surface area contributed by atoms with Gasteiger partial charge in [-0.3, -0.25) is 4.79 Å². The molecule has 0 aromatic heterocycles. The van der Waals surface area contributed by atoms with Gasteiger partial charge in [-0.25, -0.2) is 0 Å². The molecule has 19 heavy (non-hydrogen) atoms. The minimum atomic E-state index is 0.308. The summed E-state index contributed by atoms with van der Waals surface area (Å²) in [6.45, 7) is 3.14. The van der Waals surface area contributed by atoms with E-state index in [0.717, 1.165) is 31.7 Å². The molecule has 2 nitrogen and oxygen atoms in total. The van der Waals surface area contributed by atoms with Crippen LogP contribution in [0.3, 0.4) is 0 Å². The Bertz CT molecular complexity index is 237. The lowest BCUT2D eigenvalue weighted by Crippen LogP contribution is -2.33. The number of hydrogen-bond acceptors (Lipinski definition) is 1. The predicted molar refractivity (Wildman–Crippen MR) is 90.7 cm³/mol. The summed E-state index contributed by atoms with van der Waals surface area (Å²) in [6, 6.07) is 0. The second-order valence-electron chi connectivity index (χ2n) is 5.90. The molecule has 0 spiro atoms. The number of hydrogen-bond donors (Lipinski definition) is 1. The van der Waals surface area contributed by atoms with E-state index in [-0.39, 0.29) is 0 Å². The highest BCUT2D eigenvalue weighted by atomic mass is 127. The van der Waals surface area contributed by atoms with Gasteiger partial charge >= 0.3 is 0 Å². The van der Waals surface area contributed by atoms with Crippen molar-refractivity contribution in [2.75, 3.05) is 11.0 Å². The van der Waals surface area contributed by atoms with Crippen molar-refractivity contribution in [2.24, 2.45) is 11.8 Å². The minimum absolute atomic E-state index is 0.308. The third kappa shape index (κ3) is 7.52. The molecule has 0 radical (unpaired) electrons. The number of halogens is 1. The number of unbranched alkanes of at least 4 members (excludes halogenated alkanes) is 3. The zero-order chi connectivity index (χ0) is 13.9. The van der Waals surface area contributed by atoms with Gasteiger partial charge in [0.15, 0.2) is 0 Å². The predicted octanol–water partition coefficient (Wildman–Crippen LogP) is 4.70. The number of carbonyl (C=O) groups is 1. The lowest BCUT2D eigenvalue weighted by molar-refractivity contribution is -0.126. The average Bonchev–Trinajstić information content (AvgIpc) is 2.45. The highest BCUT2D eigenvalue weighted by molar-refractivity contribution is 14.1. The van der Waals surface area contributed by atoms with Crippen molar-refractivity contribution in [3.63, 3.8) is 0 Å². The average molecular weight is 379 g/mol. The van der Waals surface area contributed by atoms with Crippen LogP contribution in [0.25, 0.3) is 0 Å². The maximum atomic E-state index is 12.0. The van der Waals surface area contributed by atoms with Crippen LogP contribution in [0.5, 0.6) is 0 Å². The first kappa shape index (κ1) is 17.3. The van der Waals surface area contributed by atoms with E-state index in [2.05, 4.69) is 34.8 Å². The summed E-state index contributed by atoms with van der Waals surface area (Å²) in [5, 5.41) is 3.13. The van der Waals surface area contributed by atoms with Crippen molar-refractivity contribution in [1.29, 1.82) is 0 Å². The Morgan fingerprint density at radius 2 is 1.84 bits per heavy atom.